The maximum atomic E-state index is 5.22. The summed E-state index contributed by atoms with van der Waals surface area (Å²) in [7, 11) is 0. The summed E-state index contributed by atoms with van der Waals surface area (Å²) < 4.78 is 0. The Morgan fingerprint density at radius 2 is 0.673 bits per heavy atom. The van der Waals surface area contributed by atoms with Gasteiger partial charge >= 0.3 is 0 Å². The smallest absolute Gasteiger partial charge is 0.160 e. The number of nitrogens with zero attached hydrogens (tertiary/aromatic N) is 2. The Hall–Kier alpha value is -6.90. The molecule has 0 fully saturated rings. The maximum Gasteiger partial charge on any atom is 0.160 e. The second-order valence-corrected chi connectivity index (χ2v) is 13.4. The Morgan fingerprint density at radius 3 is 1.21 bits per heavy atom. The Kier molecular flexibility index (Phi) is 7.18. The fourth-order valence-corrected chi connectivity index (χ4v) is 7.72. The zero-order chi connectivity index (χ0) is 34.4. The summed E-state index contributed by atoms with van der Waals surface area (Å²) in [5.41, 5.74) is 9.73. The van der Waals surface area contributed by atoms with Crippen LogP contribution < -0.4 is 0 Å². The van der Waals surface area contributed by atoms with E-state index in [0.29, 0.717) is 5.82 Å². The van der Waals surface area contributed by atoms with Crippen molar-refractivity contribution < 1.29 is 0 Å². The summed E-state index contributed by atoms with van der Waals surface area (Å²) >= 11 is 0. The van der Waals surface area contributed by atoms with Gasteiger partial charge in [-0.15, -0.1) is 0 Å². The van der Waals surface area contributed by atoms with Gasteiger partial charge < -0.3 is 0 Å². The molecule has 0 spiro atoms. The highest BCUT2D eigenvalue weighted by Crippen LogP contribution is 2.45. The Morgan fingerprint density at radius 1 is 0.250 bits per heavy atom. The SMILES string of the molecule is c1ccc(-c2cc(-c3ccccc3)nc(-c3ccc4c(-c5ccc6ccccc6c5)c5ccccc5c(-c5ccc6ccccc6c5)c4c3)n2)cc1. The van der Waals surface area contributed by atoms with Crippen LogP contribution in [0, 0.1) is 0 Å². The van der Waals surface area contributed by atoms with Gasteiger partial charge in [0.05, 0.1) is 11.4 Å². The van der Waals surface area contributed by atoms with Crippen LogP contribution in [0.3, 0.4) is 0 Å². The predicted molar refractivity (Wildman–Crippen MR) is 219 cm³/mol. The molecule has 0 N–H and O–H groups in total. The van der Waals surface area contributed by atoms with Gasteiger partial charge in [0.2, 0.25) is 0 Å². The van der Waals surface area contributed by atoms with Crippen LogP contribution >= 0.6 is 0 Å². The van der Waals surface area contributed by atoms with E-state index in [1.54, 1.807) is 0 Å². The standard InChI is InChI=1S/C50H32N2/c1-3-15-35(16-4-1)46-32-47(36-17-5-2-6-18-36)52-50(51-46)41-27-28-44-45(31-41)49(40-26-24-34-14-8-10-20-38(34)30-40)43-22-12-11-21-42(43)48(44)39-25-23-33-13-7-9-19-37(33)29-39/h1-32H. The molecule has 0 radical (unpaired) electrons. The van der Waals surface area contributed by atoms with Crippen LogP contribution in [0.25, 0.3) is 99.2 Å². The van der Waals surface area contributed by atoms with E-state index in [0.717, 1.165) is 28.1 Å². The van der Waals surface area contributed by atoms with Gasteiger partial charge in [-0.25, -0.2) is 9.97 Å². The highest BCUT2D eigenvalue weighted by molar-refractivity contribution is 6.22. The summed E-state index contributed by atoms with van der Waals surface area (Å²) in [5, 5.41) is 9.73. The van der Waals surface area contributed by atoms with E-state index in [1.807, 2.05) is 12.1 Å². The van der Waals surface area contributed by atoms with Crippen LogP contribution in [-0.2, 0) is 0 Å². The molecule has 0 aliphatic carbocycles. The number of hydrogen-bond donors (Lipinski definition) is 0. The maximum absolute atomic E-state index is 5.22. The summed E-state index contributed by atoms with van der Waals surface area (Å²) in [6, 6.07) is 69.4. The van der Waals surface area contributed by atoms with Crippen molar-refractivity contribution in [2.24, 2.45) is 0 Å². The van der Waals surface area contributed by atoms with Crippen LogP contribution in [0.1, 0.15) is 0 Å². The fourth-order valence-electron chi connectivity index (χ4n) is 7.72. The molecule has 0 saturated carbocycles. The molecule has 0 unspecified atom stereocenters. The summed E-state index contributed by atoms with van der Waals surface area (Å²) in [6.45, 7) is 0. The molecule has 52 heavy (non-hydrogen) atoms. The lowest BCUT2D eigenvalue weighted by molar-refractivity contribution is 1.18. The minimum absolute atomic E-state index is 0.701. The number of benzene rings is 9. The van der Waals surface area contributed by atoms with Crippen LogP contribution in [0.15, 0.2) is 194 Å². The lowest BCUT2D eigenvalue weighted by Crippen LogP contribution is -1.97. The van der Waals surface area contributed by atoms with Gasteiger partial charge in [-0.2, -0.15) is 0 Å². The molecule has 2 nitrogen and oxygen atoms in total. The van der Waals surface area contributed by atoms with Crippen molar-refractivity contribution in [1.82, 2.24) is 9.97 Å². The zero-order valence-corrected chi connectivity index (χ0v) is 28.4. The molecule has 0 aliphatic heterocycles. The zero-order valence-electron chi connectivity index (χ0n) is 28.4. The first-order valence-electron chi connectivity index (χ1n) is 17.7. The van der Waals surface area contributed by atoms with E-state index in [1.165, 1.54) is 65.3 Å². The normalized spacial score (nSPS) is 11.5. The molecule has 2 heteroatoms. The topological polar surface area (TPSA) is 25.8 Å². The number of rotatable bonds is 5. The fraction of sp³-hybridized carbons (Fsp3) is 0. The minimum atomic E-state index is 0.701. The van der Waals surface area contributed by atoms with Gasteiger partial charge in [-0.3, -0.25) is 0 Å². The Labute approximate surface area is 302 Å². The average Bonchev–Trinajstić information content (AvgIpc) is 3.22. The van der Waals surface area contributed by atoms with Gasteiger partial charge in [0.1, 0.15) is 0 Å². The third-order valence-electron chi connectivity index (χ3n) is 10.2. The highest BCUT2D eigenvalue weighted by Gasteiger charge is 2.19. The first kappa shape index (κ1) is 30.0. The second kappa shape index (κ2) is 12.5. The van der Waals surface area contributed by atoms with Gasteiger partial charge in [0.25, 0.3) is 0 Å². The number of hydrogen-bond acceptors (Lipinski definition) is 2. The lowest BCUT2D eigenvalue weighted by atomic mass is 9.84. The molecule has 242 valence electrons. The largest absolute Gasteiger partial charge is 0.228 e. The number of aromatic nitrogens is 2. The monoisotopic (exact) mass is 660 g/mol. The van der Waals surface area contributed by atoms with E-state index >= 15 is 0 Å². The molecule has 0 saturated heterocycles. The van der Waals surface area contributed by atoms with Crippen molar-refractivity contribution in [1.29, 1.82) is 0 Å². The van der Waals surface area contributed by atoms with E-state index in [9.17, 15) is 0 Å². The molecular formula is C50H32N2. The number of fused-ring (bicyclic) bond motifs is 4. The van der Waals surface area contributed by atoms with E-state index < -0.39 is 0 Å². The first-order valence-corrected chi connectivity index (χ1v) is 17.7. The molecular weight excluding hydrogens is 629 g/mol. The highest BCUT2D eigenvalue weighted by atomic mass is 14.9. The summed E-state index contributed by atoms with van der Waals surface area (Å²) in [5.74, 6) is 0.701. The van der Waals surface area contributed by atoms with Gasteiger partial charge in [-0.05, 0) is 89.6 Å². The molecule has 0 bridgehead atoms. The Bertz CT molecular complexity index is 2890. The van der Waals surface area contributed by atoms with Crippen LogP contribution in [0.2, 0.25) is 0 Å². The van der Waals surface area contributed by atoms with Gasteiger partial charge in [-0.1, -0.05) is 170 Å². The van der Waals surface area contributed by atoms with Crippen molar-refractivity contribution in [2.75, 3.05) is 0 Å². The lowest BCUT2D eigenvalue weighted by Gasteiger charge is -2.19. The molecule has 1 heterocycles. The van der Waals surface area contributed by atoms with Crippen molar-refractivity contribution in [2.45, 2.75) is 0 Å². The van der Waals surface area contributed by atoms with Crippen LogP contribution in [-0.4, -0.2) is 9.97 Å². The predicted octanol–water partition coefficient (Wildman–Crippen LogP) is 13.4. The third-order valence-corrected chi connectivity index (χ3v) is 10.2. The van der Waals surface area contributed by atoms with E-state index in [-0.39, 0.29) is 0 Å². The van der Waals surface area contributed by atoms with Crippen molar-refractivity contribution in [3.8, 4) is 56.2 Å². The van der Waals surface area contributed by atoms with Crippen LogP contribution in [0.5, 0.6) is 0 Å². The molecule has 9 aromatic carbocycles. The third kappa shape index (κ3) is 5.21. The van der Waals surface area contributed by atoms with Crippen molar-refractivity contribution in [3.05, 3.63) is 194 Å². The quantitative estimate of drug-likeness (QED) is 0.172. The molecule has 10 rings (SSSR count). The van der Waals surface area contributed by atoms with E-state index in [4.69, 9.17) is 9.97 Å². The molecule has 0 aliphatic rings. The Balaban J connectivity index is 1.29. The molecule has 0 atom stereocenters. The summed E-state index contributed by atoms with van der Waals surface area (Å²) in [4.78, 5) is 10.4. The van der Waals surface area contributed by atoms with Gasteiger partial charge in [0, 0.05) is 16.7 Å². The summed E-state index contributed by atoms with van der Waals surface area (Å²) in [6.07, 6.45) is 0. The van der Waals surface area contributed by atoms with E-state index in [2.05, 4.69) is 182 Å². The van der Waals surface area contributed by atoms with Crippen molar-refractivity contribution >= 4 is 43.1 Å². The van der Waals surface area contributed by atoms with Gasteiger partial charge in [0.15, 0.2) is 5.82 Å². The molecule has 1 aromatic heterocycles. The van der Waals surface area contributed by atoms with Crippen molar-refractivity contribution in [3.63, 3.8) is 0 Å². The molecule has 10 aromatic rings. The van der Waals surface area contributed by atoms with Crippen LogP contribution in [0.4, 0.5) is 0 Å². The minimum Gasteiger partial charge on any atom is -0.228 e. The molecule has 0 amide bonds. The first-order chi connectivity index (χ1) is 25.8. The second-order valence-electron chi connectivity index (χ2n) is 13.4. The average molecular weight is 661 g/mol.